The third kappa shape index (κ3) is 0.862. The third-order valence-corrected chi connectivity index (χ3v) is 2.19. The van der Waals surface area contributed by atoms with E-state index in [4.69, 9.17) is 4.17 Å². The van der Waals surface area contributed by atoms with Crippen LogP contribution in [0, 0.1) is 0 Å². The summed E-state index contributed by atoms with van der Waals surface area (Å²) in [7, 11) is 0. The molecule has 2 heteroatoms. The van der Waals surface area contributed by atoms with Crippen molar-refractivity contribution < 1.29 is 12.6 Å². The molecule has 0 aromatic carbocycles. The zero-order valence-corrected chi connectivity index (χ0v) is 6.82. The largest absolute Gasteiger partial charge is 0.377 e. The fourth-order valence-electron chi connectivity index (χ4n) is 1.19. The number of carbonyl (C=O) groups excluding carboxylic acids is 1. The molecule has 1 rings (SSSR count). The van der Waals surface area contributed by atoms with E-state index in [0.29, 0.717) is 11.1 Å². The minimum absolute atomic E-state index is 0.190. The average Bonchev–Trinajstić information content (AvgIpc) is 2.29. The van der Waals surface area contributed by atoms with Crippen molar-refractivity contribution in [2.75, 3.05) is 0 Å². The lowest BCUT2D eigenvalue weighted by Gasteiger charge is -2.16. The van der Waals surface area contributed by atoms with E-state index in [1.54, 1.807) is 13.8 Å². The molecule has 0 aliphatic heterocycles. The highest BCUT2D eigenvalue weighted by Crippen LogP contribution is 2.34. The maximum absolute atomic E-state index is 11.7. The first-order valence-corrected chi connectivity index (χ1v) is 3.41. The molecule has 11 heavy (non-hydrogen) atoms. The van der Waals surface area contributed by atoms with Crippen molar-refractivity contribution >= 4 is 5.78 Å². The average molecular weight is 155 g/mol. The minimum atomic E-state index is -1.47. The highest BCUT2D eigenvalue weighted by Gasteiger charge is 2.41. The summed E-state index contributed by atoms with van der Waals surface area (Å²) >= 11 is 0. The summed E-state index contributed by atoms with van der Waals surface area (Å²) in [6, 6.07) is 0. The number of rotatable bonds is 1. The van der Waals surface area contributed by atoms with E-state index in [-0.39, 0.29) is 11.4 Å². The smallest absolute Gasteiger partial charge is 0.212 e. The molecular weight excluding hydrogens is 140 g/mol. The molecule has 1 N–H and O–H groups in total. The second-order valence-corrected chi connectivity index (χ2v) is 2.99. The van der Waals surface area contributed by atoms with E-state index in [9.17, 15) is 4.79 Å². The first-order chi connectivity index (χ1) is 6.36. The lowest BCUT2D eigenvalue weighted by atomic mass is 9.96. The Kier molecular flexibility index (Phi) is 0.908. The molecule has 1 aliphatic rings. The van der Waals surface area contributed by atoms with Crippen molar-refractivity contribution in [2.24, 2.45) is 0 Å². The van der Waals surface area contributed by atoms with Crippen molar-refractivity contribution in [2.45, 2.75) is 26.4 Å². The lowest BCUT2D eigenvalue weighted by Crippen LogP contribution is -2.32. The Hall–Kier alpha value is -0.890. The molecule has 2 nitrogen and oxygen atoms in total. The summed E-state index contributed by atoms with van der Waals surface area (Å²) in [4.78, 5) is 11.7. The van der Waals surface area contributed by atoms with Gasteiger partial charge in [-0.3, -0.25) is 4.79 Å². The van der Waals surface area contributed by atoms with Gasteiger partial charge in [-0.05, 0) is 37.5 Å². The van der Waals surface area contributed by atoms with Gasteiger partial charge in [0.15, 0.2) is 5.78 Å². The van der Waals surface area contributed by atoms with Gasteiger partial charge in [-0.25, -0.2) is 0 Å². The van der Waals surface area contributed by atoms with Crippen LogP contribution in [0.15, 0.2) is 23.3 Å². The summed E-state index contributed by atoms with van der Waals surface area (Å²) in [5, 5.41) is 4.39. The van der Waals surface area contributed by atoms with Crippen LogP contribution < -0.4 is 0 Å². The van der Waals surface area contributed by atoms with Gasteiger partial charge >= 0.3 is 0 Å². The van der Waals surface area contributed by atoms with E-state index in [0.717, 1.165) is 0 Å². The topological polar surface area (TPSA) is 37.3 Å². The van der Waals surface area contributed by atoms with E-state index >= 15 is 0 Å². The van der Waals surface area contributed by atoms with Crippen LogP contribution in [-0.4, -0.2) is 17.9 Å². The van der Waals surface area contributed by atoms with Crippen molar-refractivity contribution in [1.29, 1.82) is 1.43 Å². The summed E-state index contributed by atoms with van der Waals surface area (Å²) in [5.41, 5.74) is -0.237. The van der Waals surface area contributed by atoms with E-state index < -0.39 is 12.1 Å². The van der Waals surface area contributed by atoms with Crippen LogP contribution in [0.1, 0.15) is 23.5 Å². The van der Waals surface area contributed by atoms with Gasteiger partial charge in [-0.2, -0.15) is 0 Å². The van der Waals surface area contributed by atoms with Gasteiger partial charge in [0, 0.05) is 0 Å². The maximum atomic E-state index is 11.7. The molecule has 0 aromatic heterocycles. The summed E-state index contributed by atoms with van der Waals surface area (Å²) in [6.07, 6.45) is 0. The zero-order chi connectivity index (χ0) is 11.1. The molecule has 0 amide bonds. The fraction of sp³-hybridized carbons (Fsp3) is 0.444. The van der Waals surface area contributed by atoms with Crippen molar-refractivity contribution in [3.05, 3.63) is 23.3 Å². The molecule has 1 atom stereocenters. The van der Waals surface area contributed by atoms with Crippen LogP contribution in [-0.2, 0) is 4.79 Å². The number of carbonyl (C=O) groups is 1. The van der Waals surface area contributed by atoms with Crippen molar-refractivity contribution in [3.8, 4) is 0 Å². The molecule has 0 heterocycles. The van der Waals surface area contributed by atoms with Gasteiger partial charge in [0.05, 0.1) is 2.74 Å². The Morgan fingerprint density at radius 3 is 2.64 bits per heavy atom. The first-order valence-electron chi connectivity index (χ1n) is 4.82. The number of aliphatic hydroxyl groups is 1. The van der Waals surface area contributed by atoms with Gasteiger partial charge in [-0.1, -0.05) is 6.53 Å². The van der Waals surface area contributed by atoms with E-state index in [1.807, 2.05) is 0 Å². The van der Waals surface area contributed by atoms with Crippen molar-refractivity contribution in [1.82, 2.24) is 0 Å². The SMILES string of the molecule is [2H]OC1(C)C(=O)C(C)=C(C)C1=C([2H])[2H]. The number of ketones is 1. The molecule has 0 saturated heterocycles. The second-order valence-electron chi connectivity index (χ2n) is 2.99. The Morgan fingerprint density at radius 1 is 1.64 bits per heavy atom. The summed E-state index contributed by atoms with van der Waals surface area (Å²) in [5.74, 6) is -0.336. The summed E-state index contributed by atoms with van der Waals surface area (Å²) in [6.45, 7) is 4.23. The van der Waals surface area contributed by atoms with Crippen LogP contribution in [0.3, 0.4) is 0 Å². The number of Topliss-reactive ketones (excluding diaryl/α,β-unsaturated/α-hetero) is 1. The zero-order valence-electron chi connectivity index (χ0n) is 9.82. The van der Waals surface area contributed by atoms with Crippen LogP contribution in [0.4, 0.5) is 0 Å². The van der Waals surface area contributed by atoms with Gasteiger partial charge in [0.25, 0.3) is 0 Å². The standard InChI is InChI=1S/C9H12O2/c1-5-6(2)8(10)9(4,11)7(5)3/h11H,3H2,1-2,4H3/i3D2,11D. The van der Waals surface area contributed by atoms with Gasteiger partial charge in [-0.15, -0.1) is 0 Å². The molecule has 0 aromatic rings. The van der Waals surface area contributed by atoms with Gasteiger partial charge < -0.3 is 5.11 Å². The quantitative estimate of drug-likeness (QED) is 0.618. The van der Waals surface area contributed by atoms with Gasteiger partial charge in [0.1, 0.15) is 5.60 Å². The molecule has 0 spiro atoms. The molecular formula is C9H12O2. The van der Waals surface area contributed by atoms with Gasteiger partial charge in [0.2, 0.25) is 1.43 Å². The summed E-state index contributed by atoms with van der Waals surface area (Å²) < 4.78 is 21.4. The second kappa shape index (κ2) is 2.05. The highest BCUT2D eigenvalue weighted by molar-refractivity contribution is 6.08. The maximum Gasteiger partial charge on any atom is 0.212 e. The molecule has 1 unspecified atom stereocenters. The molecule has 1 aliphatic carbocycles. The molecule has 0 bridgehead atoms. The molecule has 0 fully saturated rings. The molecule has 0 saturated carbocycles. The van der Waals surface area contributed by atoms with E-state index in [1.165, 1.54) is 6.92 Å². The predicted octanol–water partition coefficient (Wildman–Crippen LogP) is 1.21. The number of hydrogen-bond acceptors (Lipinski definition) is 2. The third-order valence-electron chi connectivity index (χ3n) is 2.19. The molecule has 60 valence electrons. The lowest BCUT2D eigenvalue weighted by molar-refractivity contribution is -0.127. The highest BCUT2D eigenvalue weighted by atomic mass is 16.3. The van der Waals surface area contributed by atoms with Crippen molar-refractivity contribution in [3.63, 3.8) is 0 Å². The Morgan fingerprint density at radius 2 is 2.27 bits per heavy atom. The van der Waals surface area contributed by atoms with Crippen LogP contribution in [0.25, 0.3) is 0 Å². The monoisotopic (exact) mass is 155 g/mol. The fourth-order valence-corrected chi connectivity index (χ4v) is 1.19. The Balaban J connectivity index is 3.43. The Bertz CT molecular complexity index is 353. The van der Waals surface area contributed by atoms with Crippen LogP contribution in [0.2, 0.25) is 0 Å². The normalized spacial score (nSPS) is 35.4. The Labute approximate surface area is 70.5 Å². The van der Waals surface area contributed by atoms with Crippen LogP contribution in [0.5, 0.6) is 0 Å². The minimum Gasteiger partial charge on any atom is -0.377 e. The van der Waals surface area contributed by atoms with E-state index in [2.05, 4.69) is 5.11 Å². The predicted molar refractivity (Wildman–Crippen MR) is 43.1 cm³/mol. The number of hydrogen-bond donors (Lipinski definition) is 1. The van der Waals surface area contributed by atoms with Crippen LogP contribution >= 0.6 is 0 Å². The first kappa shape index (κ1) is 4.88. The molecule has 0 radical (unpaired) electrons.